The SMILES string of the molecule is CNC(=O)C(C#N)=NO. The summed E-state index contributed by atoms with van der Waals surface area (Å²) < 4.78 is 0. The Morgan fingerprint density at radius 3 is 2.56 bits per heavy atom. The van der Waals surface area contributed by atoms with Crippen LogP contribution in [0.5, 0.6) is 0 Å². The lowest BCUT2D eigenvalue weighted by Crippen LogP contribution is -2.26. The summed E-state index contributed by atoms with van der Waals surface area (Å²) in [5.41, 5.74) is -0.544. The first-order valence-corrected chi connectivity index (χ1v) is 2.10. The van der Waals surface area contributed by atoms with Crippen LogP contribution in [0.4, 0.5) is 0 Å². The van der Waals surface area contributed by atoms with Crippen molar-refractivity contribution in [3.8, 4) is 6.07 Å². The van der Waals surface area contributed by atoms with Gasteiger partial charge in [-0.2, -0.15) is 5.26 Å². The average molecular weight is 127 g/mol. The highest BCUT2D eigenvalue weighted by Gasteiger charge is 2.06. The van der Waals surface area contributed by atoms with Crippen molar-refractivity contribution < 1.29 is 10.0 Å². The molecule has 1 amide bonds. The van der Waals surface area contributed by atoms with Crippen LogP contribution in [0, 0.1) is 11.3 Å². The van der Waals surface area contributed by atoms with Gasteiger partial charge in [-0.3, -0.25) is 4.79 Å². The Labute approximate surface area is 51.6 Å². The Kier molecular flexibility index (Phi) is 2.84. The van der Waals surface area contributed by atoms with Gasteiger partial charge in [0.1, 0.15) is 6.07 Å². The maximum Gasteiger partial charge on any atom is 0.284 e. The summed E-state index contributed by atoms with van der Waals surface area (Å²) in [6.45, 7) is 0. The molecular weight excluding hydrogens is 122 g/mol. The monoisotopic (exact) mass is 127 g/mol. The van der Waals surface area contributed by atoms with Crippen LogP contribution in [-0.4, -0.2) is 23.9 Å². The summed E-state index contributed by atoms with van der Waals surface area (Å²) >= 11 is 0. The quantitative estimate of drug-likeness (QED) is 0.271. The third-order valence-corrected chi connectivity index (χ3v) is 0.648. The second-order valence-electron chi connectivity index (χ2n) is 1.14. The van der Waals surface area contributed by atoms with Gasteiger partial charge in [0.15, 0.2) is 0 Å². The Balaban J connectivity index is 4.19. The van der Waals surface area contributed by atoms with Crippen LogP contribution in [0.25, 0.3) is 0 Å². The van der Waals surface area contributed by atoms with E-state index in [-0.39, 0.29) is 0 Å². The molecule has 0 saturated heterocycles. The fourth-order valence-corrected chi connectivity index (χ4v) is 0.237. The lowest BCUT2D eigenvalue weighted by atomic mass is 10.4. The molecule has 0 spiro atoms. The van der Waals surface area contributed by atoms with Crippen molar-refractivity contribution in [1.29, 1.82) is 5.26 Å². The number of nitrogens with one attached hydrogen (secondary N) is 1. The van der Waals surface area contributed by atoms with Crippen molar-refractivity contribution in [2.45, 2.75) is 0 Å². The highest BCUT2D eigenvalue weighted by molar-refractivity contribution is 6.44. The molecule has 5 heteroatoms. The van der Waals surface area contributed by atoms with Crippen molar-refractivity contribution in [2.24, 2.45) is 5.16 Å². The molecule has 0 heterocycles. The van der Waals surface area contributed by atoms with Gasteiger partial charge in [0, 0.05) is 7.05 Å². The molecule has 0 aliphatic heterocycles. The van der Waals surface area contributed by atoms with E-state index < -0.39 is 11.6 Å². The number of carbonyl (C=O) groups is 1. The maximum atomic E-state index is 10.3. The van der Waals surface area contributed by atoms with Crippen LogP contribution in [0.15, 0.2) is 5.16 Å². The van der Waals surface area contributed by atoms with E-state index in [2.05, 4.69) is 10.5 Å². The Hall–Kier alpha value is -1.57. The molecule has 0 fully saturated rings. The fourth-order valence-electron chi connectivity index (χ4n) is 0.237. The molecule has 0 saturated carbocycles. The first-order valence-electron chi connectivity index (χ1n) is 2.10. The van der Waals surface area contributed by atoms with Crippen molar-refractivity contribution in [3.63, 3.8) is 0 Å². The van der Waals surface area contributed by atoms with Crippen LogP contribution in [0.1, 0.15) is 0 Å². The lowest BCUT2D eigenvalue weighted by molar-refractivity contribution is -0.114. The van der Waals surface area contributed by atoms with Gasteiger partial charge in [0.2, 0.25) is 5.71 Å². The molecule has 2 N–H and O–H groups in total. The van der Waals surface area contributed by atoms with Gasteiger partial charge >= 0.3 is 0 Å². The van der Waals surface area contributed by atoms with E-state index >= 15 is 0 Å². The summed E-state index contributed by atoms with van der Waals surface area (Å²) in [6, 6.07) is 1.39. The first kappa shape index (κ1) is 7.43. The van der Waals surface area contributed by atoms with E-state index in [1.807, 2.05) is 0 Å². The summed E-state index contributed by atoms with van der Waals surface area (Å²) in [6.07, 6.45) is 0. The zero-order valence-electron chi connectivity index (χ0n) is 4.75. The molecule has 0 aliphatic carbocycles. The molecule has 48 valence electrons. The van der Waals surface area contributed by atoms with Crippen LogP contribution < -0.4 is 5.32 Å². The van der Waals surface area contributed by atoms with Gasteiger partial charge in [-0.05, 0) is 0 Å². The normalized spacial score (nSPS) is 10.0. The number of nitrogens with zero attached hydrogens (tertiary/aromatic N) is 2. The van der Waals surface area contributed by atoms with Gasteiger partial charge in [0.25, 0.3) is 5.91 Å². The number of hydrogen-bond donors (Lipinski definition) is 2. The number of oxime groups is 1. The predicted octanol–water partition coefficient (Wildman–Crippen LogP) is -0.914. The summed E-state index contributed by atoms with van der Waals surface area (Å²) in [5, 5.41) is 20.5. The Bertz CT molecular complexity index is 179. The average Bonchev–Trinajstić information content (AvgIpc) is 1.90. The zero-order valence-corrected chi connectivity index (χ0v) is 4.75. The number of hydrogen-bond acceptors (Lipinski definition) is 4. The Morgan fingerprint density at radius 2 is 2.44 bits per heavy atom. The van der Waals surface area contributed by atoms with Crippen LogP contribution in [-0.2, 0) is 4.79 Å². The molecule has 9 heavy (non-hydrogen) atoms. The molecular formula is C4H5N3O2. The lowest BCUT2D eigenvalue weighted by Gasteiger charge is -1.89. The van der Waals surface area contributed by atoms with Crippen LogP contribution >= 0.6 is 0 Å². The number of carbonyl (C=O) groups excluding carboxylic acids is 1. The highest BCUT2D eigenvalue weighted by atomic mass is 16.4. The molecule has 0 aromatic rings. The summed E-state index contributed by atoms with van der Waals surface area (Å²) in [7, 11) is 1.34. The van der Waals surface area contributed by atoms with Gasteiger partial charge < -0.3 is 10.5 Å². The third kappa shape index (κ3) is 1.78. The molecule has 0 aromatic carbocycles. The predicted molar refractivity (Wildman–Crippen MR) is 28.9 cm³/mol. The van der Waals surface area contributed by atoms with Crippen LogP contribution in [0.2, 0.25) is 0 Å². The van der Waals surface area contributed by atoms with E-state index in [9.17, 15) is 4.79 Å². The minimum atomic E-state index is -0.694. The molecule has 0 radical (unpaired) electrons. The molecule has 0 aliphatic rings. The van der Waals surface area contributed by atoms with Crippen molar-refractivity contribution >= 4 is 11.6 Å². The molecule has 0 aromatic heterocycles. The van der Waals surface area contributed by atoms with E-state index in [0.29, 0.717) is 0 Å². The van der Waals surface area contributed by atoms with Gasteiger partial charge in [0.05, 0.1) is 0 Å². The first-order chi connectivity index (χ1) is 4.26. The zero-order chi connectivity index (χ0) is 7.28. The maximum absolute atomic E-state index is 10.3. The fraction of sp³-hybridized carbons (Fsp3) is 0.250. The van der Waals surface area contributed by atoms with Gasteiger partial charge in [-0.15, -0.1) is 0 Å². The molecule has 5 nitrogen and oxygen atoms in total. The van der Waals surface area contributed by atoms with E-state index in [1.165, 1.54) is 13.1 Å². The molecule has 0 bridgehead atoms. The number of amides is 1. The highest BCUT2D eigenvalue weighted by Crippen LogP contribution is 1.71. The van der Waals surface area contributed by atoms with Crippen molar-refractivity contribution in [1.82, 2.24) is 5.32 Å². The largest absolute Gasteiger partial charge is 0.410 e. The third-order valence-electron chi connectivity index (χ3n) is 0.648. The number of rotatable bonds is 1. The van der Waals surface area contributed by atoms with Crippen LogP contribution in [0.3, 0.4) is 0 Å². The summed E-state index contributed by atoms with van der Waals surface area (Å²) in [4.78, 5) is 10.3. The van der Waals surface area contributed by atoms with Crippen molar-refractivity contribution in [3.05, 3.63) is 0 Å². The number of nitriles is 1. The standard InChI is InChI=1S/C4H5N3O2/c1-6-4(8)3(2-5)7-9/h9H,1H3,(H,6,8). The second kappa shape index (κ2) is 3.43. The molecule has 0 atom stereocenters. The molecule has 0 rings (SSSR count). The Morgan fingerprint density at radius 1 is 1.89 bits per heavy atom. The topological polar surface area (TPSA) is 85.5 Å². The minimum absolute atomic E-state index is 0.544. The summed E-state index contributed by atoms with van der Waals surface area (Å²) in [5.74, 6) is -0.694. The molecule has 0 unspecified atom stereocenters. The minimum Gasteiger partial charge on any atom is -0.410 e. The smallest absolute Gasteiger partial charge is 0.284 e. The van der Waals surface area contributed by atoms with Crippen molar-refractivity contribution in [2.75, 3.05) is 7.05 Å². The van der Waals surface area contributed by atoms with E-state index in [1.54, 1.807) is 0 Å². The van der Waals surface area contributed by atoms with E-state index in [0.717, 1.165) is 0 Å². The van der Waals surface area contributed by atoms with Gasteiger partial charge in [-0.1, -0.05) is 5.16 Å². The second-order valence-corrected chi connectivity index (χ2v) is 1.14. The van der Waals surface area contributed by atoms with Gasteiger partial charge in [-0.25, -0.2) is 0 Å². The van der Waals surface area contributed by atoms with E-state index in [4.69, 9.17) is 10.5 Å².